The predicted molar refractivity (Wildman–Crippen MR) is 86.9 cm³/mol. The number of nitrogens with zero attached hydrogens (tertiary/aromatic N) is 2. The Morgan fingerprint density at radius 3 is 2.68 bits per heavy atom. The molecule has 2 rings (SSSR count). The highest BCUT2D eigenvalue weighted by Crippen LogP contribution is 2.20. The van der Waals surface area contributed by atoms with Gasteiger partial charge in [-0.3, -0.25) is 9.48 Å². The number of carbonyl (C=O) groups excluding carboxylic acids is 1. The molecule has 0 bridgehead atoms. The summed E-state index contributed by atoms with van der Waals surface area (Å²) in [4.78, 5) is 12.5. The van der Waals surface area contributed by atoms with Crippen molar-refractivity contribution in [2.75, 3.05) is 5.32 Å². The van der Waals surface area contributed by atoms with Gasteiger partial charge in [0.1, 0.15) is 5.69 Å². The number of hydrogen-bond donors (Lipinski definition) is 2. The molecular weight excluding hydrogens is 278 g/mol. The molecule has 118 valence electrons. The minimum atomic E-state index is -0.178. The van der Waals surface area contributed by atoms with Crippen LogP contribution >= 0.6 is 0 Å². The molecule has 1 amide bonds. The maximum atomic E-state index is 12.5. The van der Waals surface area contributed by atoms with E-state index in [1.54, 1.807) is 6.07 Å². The number of nitrogens with one attached hydrogen (secondary N) is 1. The number of amides is 1. The third-order valence-corrected chi connectivity index (χ3v) is 3.75. The van der Waals surface area contributed by atoms with Gasteiger partial charge in [0.05, 0.1) is 18.3 Å². The van der Waals surface area contributed by atoms with Crippen molar-refractivity contribution in [3.63, 3.8) is 0 Å². The zero-order valence-electron chi connectivity index (χ0n) is 13.3. The number of carbonyl (C=O) groups is 1. The smallest absolute Gasteiger partial charge is 0.273 e. The molecule has 0 unspecified atom stereocenters. The van der Waals surface area contributed by atoms with E-state index < -0.39 is 0 Å². The second-order valence-electron chi connectivity index (χ2n) is 5.40. The van der Waals surface area contributed by atoms with Crippen LogP contribution in [0.3, 0.4) is 0 Å². The van der Waals surface area contributed by atoms with E-state index >= 15 is 0 Å². The van der Waals surface area contributed by atoms with Crippen molar-refractivity contribution >= 4 is 11.6 Å². The number of aryl methyl sites for hydroxylation is 1. The number of anilines is 1. The minimum Gasteiger partial charge on any atom is -0.392 e. The quantitative estimate of drug-likeness (QED) is 0.860. The lowest BCUT2D eigenvalue weighted by Gasteiger charge is -2.16. The van der Waals surface area contributed by atoms with Crippen molar-refractivity contribution in [3.8, 4) is 0 Å². The zero-order chi connectivity index (χ0) is 16.1. The number of benzene rings is 1. The highest BCUT2D eigenvalue weighted by molar-refractivity contribution is 6.03. The van der Waals surface area contributed by atoms with E-state index in [-0.39, 0.29) is 18.6 Å². The molecule has 0 spiro atoms. The van der Waals surface area contributed by atoms with Crippen LogP contribution < -0.4 is 5.32 Å². The van der Waals surface area contributed by atoms with Gasteiger partial charge in [-0.05, 0) is 43.5 Å². The van der Waals surface area contributed by atoms with Gasteiger partial charge in [0.25, 0.3) is 5.91 Å². The molecule has 0 atom stereocenters. The van der Waals surface area contributed by atoms with Crippen molar-refractivity contribution in [3.05, 3.63) is 47.3 Å². The first kappa shape index (κ1) is 16.2. The fourth-order valence-corrected chi connectivity index (χ4v) is 2.54. The lowest BCUT2D eigenvalue weighted by Crippen LogP contribution is -2.20. The van der Waals surface area contributed by atoms with Crippen LogP contribution in [-0.4, -0.2) is 20.8 Å². The van der Waals surface area contributed by atoms with Crippen molar-refractivity contribution in [2.45, 2.75) is 46.3 Å². The van der Waals surface area contributed by atoms with Gasteiger partial charge in [0, 0.05) is 5.69 Å². The standard InChI is InChI=1S/C17H23N3O2/c1-4-15(5-2)20-16(9-12(3)19-20)17(22)18-14-8-6-7-13(10-14)11-21/h6-10,15,21H,4-5,11H2,1-3H3,(H,18,22). The second-order valence-corrected chi connectivity index (χ2v) is 5.40. The topological polar surface area (TPSA) is 67.2 Å². The van der Waals surface area contributed by atoms with Crippen molar-refractivity contribution in [2.24, 2.45) is 0 Å². The lowest BCUT2D eigenvalue weighted by molar-refractivity contribution is 0.101. The third-order valence-electron chi connectivity index (χ3n) is 3.75. The summed E-state index contributed by atoms with van der Waals surface area (Å²) in [5.74, 6) is -0.178. The minimum absolute atomic E-state index is 0.0471. The lowest BCUT2D eigenvalue weighted by atomic mass is 10.1. The van der Waals surface area contributed by atoms with Crippen LogP contribution in [0.25, 0.3) is 0 Å². The fraction of sp³-hybridized carbons (Fsp3) is 0.412. The van der Waals surface area contributed by atoms with E-state index in [9.17, 15) is 9.90 Å². The second kappa shape index (κ2) is 7.22. The first-order valence-corrected chi connectivity index (χ1v) is 7.66. The summed E-state index contributed by atoms with van der Waals surface area (Å²) < 4.78 is 1.82. The van der Waals surface area contributed by atoms with Gasteiger partial charge in [0.2, 0.25) is 0 Å². The summed E-state index contributed by atoms with van der Waals surface area (Å²) in [6, 6.07) is 9.23. The van der Waals surface area contributed by atoms with Gasteiger partial charge in [-0.25, -0.2) is 0 Å². The highest BCUT2D eigenvalue weighted by atomic mass is 16.3. The number of hydrogen-bond acceptors (Lipinski definition) is 3. The van der Waals surface area contributed by atoms with Crippen molar-refractivity contribution < 1.29 is 9.90 Å². The largest absolute Gasteiger partial charge is 0.392 e. The zero-order valence-corrected chi connectivity index (χ0v) is 13.3. The Hall–Kier alpha value is -2.14. The molecular formula is C17H23N3O2. The third kappa shape index (κ3) is 3.54. The van der Waals surface area contributed by atoms with E-state index in [4.69, 9.17) is 0 Å². The average Bonchev–Trinajstić information content (AvgIpc) is 2.90. The number of aliphatic hydroxyl groups excluding tert-OH is 1. The van der Waals surface area contributed by atoms with Crippen LogP contribution in [0.15, 0.2) is 30.3 Å². The normalized spacial score (nSPS) is 11.0. The molecule has 2 aromatic rings. The van der Waals surface area contributed by atoms with Crippen LogP contribution in [0, 0.1) is 6.92 Å². The first-order valence-electron chi connectivity index (χ1n) is 7.66. The summed E-state index contributed by atoms with van der Waals surface area (Å²) in [5.41, 5.74) is 2.84. The van der Waals surface area contributed by atoms with Crippen LogP contribution in [0.4, 0.5) is 5.69 Å². The Labute approximate surface area is 131 Å². The molecule has 1 aromatic heterocycles. The monoisotopic (exact) mass is 301 g/mol. The van der Waals surface area contributed by atoms with E-state index in [2.05, 4.69) is 24.3 Å². The summed E-state index contributed by atoms with van der Waals surface area (Å²) >= 11 is 0. The van der Waals surface area contributed by atoms with Crippen LogP contribution in [0.2, 0.25) is 0 Å². The van der Waals surface area contributed by atoms with Gasteiger partial charge in [0.15, 0.2) is 0 Å². The molecule has 1 aromatic carbocycles. The molecule has 2 N–H and O–H groups in total. The Kier molecular flexibility index (Phi) is 5.33. The van der Waals surface area contributed by atoms with Gasteiger partial charge >= 0.3 is 0 Å². The average molecular weight is 301 g/mol. The Morgan fingerprint density at radius 1 is 1.32 bits per heavy atom. The van der Waals surface area contributed by atoms with Gasteiger partial charge in [-0.1, -0.05) is 26.0 Å². The fourth-order valence-electron chi connectivity index (χ4n) is 2.54. The predicted octanol–water partition coefficient (Wildman–Crippen LogP) is 3.30. The Bertz CT molecular complexity index is 645. The summed E-state index contributed by atoms with van der Waals surface area (Å²) in [7, 11) is 0. The number of aliphatic hydroxyl groups is 1. The molecule has 0 saturated heterocycles. The Balaban J connectivity index is 2.25. The molecule has 0 aliphatic heterocycles. The molecule has 0 fully saturated rings. The van der Waals surface area contributed by atoms with Gasteiger partial charge < -0.3 is 10.4 Å². The van der Waals surface area contributed by atoms with E-state index in [0.717, 1.165) is 24.1 Å². The van der Waals surface area contributed by atoms with E-state index in [1.165, 1.54) is 0 Å². The molecule has 0 aliphatic carbocycles. The van der Waals surface area contributed by atoms with Crippen molar-refractivity contribution in [1.82, 2.24) is 9.78 Å². The molecule has 5 nitrogen and oxygen atoms in total. The summed E-state index contributed by atoms with van der Waals surface area (Å²) in [5, 5.41) is 16.5. The summed E-state index contributed by atoms with van der Waals surface area (Å²) in [6.07, 6.45) is 1.86. The van der Waals surface area contributed by atoms with E-state index in [1.807, 2.05) is 35.9 Å². The molecule has 0 radical (unpaired) electrons. The molecule has 22 heavy (non-hydrogen) atoms. The van der Waals surface area contributed by atoms with Crippen LogP contribution in [0.1, 0.15) is 54.5 Å². The maximum absolute atomic E-state index is 12.5. The highest BCUT2D eigenvalue weighted by Gasteiger charge is 2.18. The maximum Gasteiger partial charge on any atom is 0.273 e. The molecule has 0 saturated carbocycles. The molecule has 0 aliphatic rings. The van der Waals surface area contributed by atoms with E-state index in [0.29, 0.717) is 11.4 Å². The van der Waals surface area contributed by atoms with Crippen LogP contribution in [0.5, 0.6) is 0 Å². The number of rotatable bonds is 6. The first-order chi connectivity index (χ1) is 10.6. The van der Waals surface area contributed by atoms with Crippen molar-refractivity contribution in [1.29, 1.82) is 0 Å². The number of aromatic nitrogens is 2. The SMILES string of the molecule is CCC(CC)n1nc(C)cc1C(=O)Nc1cccc(CO)c1. The molecule has 1 heterocycles. The molecule has 5 heteroatoms. The van der Waals surface area contributed by atoms with Crippen LogP contribution in [-0.2, 0) is 6.61 Å². The summed E-state index contributed by atoms with van der Waals surface area (Å²) in [6.45, 7) is 6.03. The Morgan fingerprint density at radius 2 is 2.05 bits per heavy atom. The van der Waals surface area contributed by atoms with Gasteiger partial charge in [-0.15, -0.1) is 0 Å². The van der Waals surface area contributed by atoms with Gasteiger partial charge in [-0.2, -0.15) is 5.10 Å².